The van der Waals surface area contributed by atoms with Gasteiger partial charge in [0, 0.05) is 5.56 Å². The summed E-state index contributed by atoms with van der Waals surface area (Å²) in [5, 5.41) is 0. The van der Waals surface area contributed by atoms with Crippen molar-refractivity contribution in [1.29, 1.82) is 0 Å². The van der Waals surface area contributed by atoms with Gasteiger partial charge in [0.1, 0.15) is 11.6 Å². The van der Waals surface area contributed by atoms with E-state index < -0.39 is 5.41 Å². The zero-order valence-corrected chi connectivity index (χ0v) is 12.9. The number of H-pyrrole nitrogens is 1. The number of fused-ring (bicyclic) bond motifs is 1. The molecule has 0 amide bonds. The highest BCUT2D eigenvalue weighted by atomic mass is 16.5. The van der Waals surface area contributed by atoms with Crippen molar-refractivity contribution in [3.63, 3.8) is 0 Å². The lowest BCUT2D eigenvalue weighted by atomic mass is 9.97. The average Bonchev–Trinajstić information content (AvgIpc) is 2.90. The summed E-state index contributed by atoms with van der Waals surface area (Å²) in [6, 6.07) is 15.2. The highest BCUT2D eigenvalue weighted by Crippen LogP contribution is 2.25. The number of carbonyl (C=O) groups excluding carboxylic acids is 1. The molecule has 0 aliphatic rings. The second-order valence-corrected chi connectivity index (χ2v) is 6.27. The highest BCUT2D eigenvalue weighted by molar-refractivity contribution is 5.80. The lowest BCUT2D eigenvalue weighted by Crippen LogP contribution is -2.25. The molecule has 0 spiro atoms. The van der Waals surface area contributed by atoms with Gasteiger partial charge in [-0.05, 0) is 45.0 Å². The third kappa shape index (κ3) is 2.86. The maximum absolute atomic E-state index is 12.0. The van der Waals surface area contributed by atoms with Crippen LogP contribution in [0.3, 0.4) is 0 Å². The first-order valence-electron chi connectivity index (χ1n) is 7.21. The number of hydrogen-bond donors (Lipinski definition) is 1. The van der Waals surface area contributed by atoms with Gasteiger partial charge in [-0.1, -0.05) is 24.3 Å². The van der Waals surface area contributed by atoms with Crippen LogP contribution in [0.1, 0.15) is 20.8 Å². The van der Waals surface area contributed by atoms with E-state index in [1.807, 2.05) is 63.2 Å². The van der Waals surface area contributed by atoms with E-state index in [2.05, 4.69) is 9.97 Å². The number of rotatable bonds is 2. The Morgan fingerprint density at radius 1 is 1.09 bits per heavy atom. The standard InChI is InChI=1S/C18H18N2O2/c1-18(2,3)17(21)22-13-8-6-7-12(11-13)16-19-14-9-4-5-10-15(14)20-16/h4-11H,1-3H3,(H,19,20). The molecule has 0 bridgehead atoms. The Balaban J connectivity index is 1.92. The first-order chi connectivity index (χ1) is 10.4. The third-order valence-corrected chi connectivity index (χ3v) is 3.32. The van der Waals surface area contributed by atoms with Crippen LogP contribution in [0.25, 0.3) is 22.4 Å². The van der Waals surface area contributed by atoms with Crippen LogP contribution in [-0.4, -0.2) is 15.9 Å². The minimum atomic E-state index is -0.532. The molecule has 22 heavy (non-hydrogen) atoms. The third-order valence-electron chi connectivity index (χ3n) is 3.32. The highest BCUT2D eigenvalue weighted by Gasteiger charge is 2.23. The van der Waals surface area contributed by atoms with E-state index in [0.717, 1.165) is 22.4 Å². The van der Waals surface area contributed by atoms with E-state index in [1.54, 1.807) is 6.07 Å². The van der Waals surface area contributed by atoms with Crippen LogP contribution < -0.4 is 4.74 Å². The average molecular weight is 294 g/mol. The normalized spacial score (nSPS) is 11.6. The van der Waals surface area contributed by atoms with Crippen LogP contribution in [0.5, 0.6) is 5.75 Å². The van der Waals surface area contributed by atoms with Crippen LogP contribution in [0.2, 0.25) is 0 Å². The molecule has 1 heterocycles. The minimum Gasteiger partial charge on any atom is -0.426 e. The number of benzene rings is 2. The lowest BCUT2D eigenvalue weighted by molar-refractivity contribution is -0.142. The number of imidazole rings is 1. The molecule has 0 fully saturated rings. The summed E-state index contributed by atoms with van der Waals surface area (Å²) in [5.74, 6) is 1.03. The van der Waals surface area contributed by atoms with Gasteiger partial charge in [0.05, 0.1) is 16.4 Å². The van der Waals surface area contributed by atoms with E-state index in [9.17, 15) is 4.79 Å². The molecule has 1 N–H and O–H groups in total. The van der Waals surface area contributed by atoms with Crippen molar-refractivity contribution in [2.45, 2.75) is 20.8 Å². The summed E-state index contributed by atoms with van der Waals surface area (Å²) in [6.45, 7) is 5.50. The Kier molecular flexibility index (Phi) is 3.45. The number of aromatic amines is 1. The number of nitrogens with one attached hydrogen (secondary N) is 1. The number of para-hydroxylation sites is 2. The van der Waals surface area contributed by atoms with Gasteiger partial charge >= 0.3 is 5.97 Å². The molecule has 4 heteroatoms. The van der Waals surface area contributed by atoms with E-state index in [-0.39, 0.29) is 5.97 Å². The zero-order chi connectivity index (χ0) is 15.7. The predicted octanol–water partition coefficient (Wildman–Crippen LogP) is 4.18. The summed E-state index contributed by atoms with van der Waals surface area (Å²) >= 11 is 0. The molecule has 0 aliphatic carbocycles. The molecule has 2 aromatic carbocycles. The van der Waals surface area contributed by atoms with E-state index >= 15 is 0 Å². The Morgan fingerprint density at radius 3 is 2.59 bits per heavy atom. The summed E-state index contributed by atoms with van der Waals surface area (Å²) in [5.41, 5.74) is 2.25. The van der Waals surface area contributed by atoms with E-state index in [0.29, 0.717) is 5.75 Å². The van der Waals surface area contributed by atoms with Gasteiger partial charge in [-0.2, -0.15) is 0 Å². The molecule has 0 saturated heterocycles. The van der Waals surface area contributed by atoms with Crippen molar-refractivity contribution < 1.29 is 9.53 Å². The van der Waals surface area contributed by atoms with Gasteiger partial charge in [0.2, 0.25) is 0 Å². The summed E-state index contributed by atoms with van der Waals surface area (Å²) in [7, 11) is 0. The van der Waals surface area contributed by atoms with Gasteiger partial charge in [0.15, 0.2) is 0 Å². The molecule has 0 aliphatic heterocycles. The molecule has 1 aromatic heterocycles. The largest absolute Gasteiger partial charge is 0.426 e. The van der Waals surface area contributed by atoms with Gasteiger partial charge in [-0.15, -0.1) is 0 Å². The van der Waals surface area contributed by atoms with E-state index in [4.69, 9.17) is 4.74 Å². The molecule has 112 valence electrons. The van der Waals surface area contributed by atoms with Crippen LogP contribution in [0, 0.1) is 5.41 Å². The topological polar surface area (TPSA) is 55.0 Å². The lowest BCUT2D eigenvalue weighted by Gasteiger charge is -2.16. The number of nitrogens with zero attached hydrogens (tertiary/aromatic N) is 1. The first-order valence-corrected chi connectivity index (χ1v) is 7.21. The fourth-order valence-corrected chi connectivity index (χ4v) is 2.06. The smallest absolute Gasteiger partial charge is 0.316 e. The Bertz CT molecular complexity index is 795. The van der Waals surface area contributed by atoms with Crippen molar-refractivity contribution in [3.05, 3.63) is 48.5 Å². The second-order valence-electron chi connectivity index (χ2n) is 6.27. The van der Waals surface area contributed by atoms with Gasteiger partial charge < -0.3 is 9.72 Å². The zero-order valence-electron chi connectivity index (χ0n) is 12.9. The molecular weight excluding hydrogens is 276 g/mol. The van der Waals surface area contributed by atoms with Crippen LogP contribution in [-0.2, 0) is 4.79 Å². The number of ether oxygens (including phenoxy) is 1. The van der Waals surface area contributed by atoms with Gasteiger partial charge in [0.25, 0.3) is 0 Å². The maximum atomic E-state index is 12.0. The fraction of sp³-hybridized carbons (Fsp3) is 0.222. The predicted molar refractivity (Wildman–Crippen MR) is 86.6 cm³/mol. The molecule has 3 aromatic rings. The number of hydrogen-bond acceptors (Lipinski definition) is 3. The van der Waals surface area contributed by atoms with Crippen LogP contribution in [0.15, 0.2) is 48.5 Å². The van der Waals surface area contributed by atoms with Crippen molar-refractivity contribution in [2.75, 3.05) is 0 Å². The van der Waals surface area contributed by atoms with Crippen LogP contribution in [0.4, 0.5) is 0 Å². The Labute approximate surface area is 129 Å². The Hall–Kier alpha value is -2.62. The minimum absolute atomic E-state index is 0.255. The molecule has 0 atom stereocenters. The summed E-state index contributed by atoms with van der Waals surface area (Å²) < 4.78 is 5.43. The summed E-state index contributed by atoms with van der Waals surface area (Å²) in [6.07, 6.45) is 0. The quantitative estimate of drug-likeness (QED) is 0.570. The number of esters is 1. The Morgan fingerprint density at radius 2 is 1.86 bits per heavy atom. The molecular formula is C18H18N2O2. The summed E-state index contributed by atoms with van der Waals surface area (Å²) in [4.78, 5) is 19.8. The van der Waals surface area contributed by atoms with Crippen molar-refractivity contribution in [3.8, 4) is 17.1 Å². The van der Waals surface area contributed by atoms with Crippen molar-refractivity contribution in [1.82, 2.24) is 9.97 Å². The van der Waals surface area contributed by atoms with Gasteiger partial charge in [-0.3, -0.25) is 4.79 Å². The molecule has 0 radical (unpaired) electrons. The van der Waals surface area contributed by atoms with Crippen molar-refractivity contribution >= 4 is 17.0 Å². The number of carbonyl (C=O) groups is 1. The first kappa shape index (κ1) is 14.3. The van der Waals surface area contributed by atoms with Gasteiger partial charge in [-0.25, -0.2) is 4.98 Å². The second kappa shape index (κ2) is 5.30. The molecule has 4 nitrogen and oxygen atoms in total. The van der Waals surface area contributed by atoms with E-state index in [1.165, 1.54) is 0 Å². The molecule has 3 rings (SSSR count). The maximum Gasteiger partial charge on any atom is 0.316 e. The monoisotopic (exact) mass is 294 g/mol. The SMILES string of the molecule is CC(C)(C)C(=O)Oc1cccc(-c2nc3ccccc3[nH]2)c1. The molecule has 0 saturated carbocycles. The molecule has 0 unspecified atom stereocenters. The van der Waals surface area contributed by atoms with Crippen molar-refractivity contribution in [2.24, 2.45) is 5.41 Å². The number of aromatic nitrogens is 2. The van der Waals surface area contributed by atoms with Crippen LogP contribution >= 0.6 is 0 Å². The fourth-order valence-electron chi connectivity index (χ4n) is 2.06.